The molecule has 6 heteroatoms. The van der Waals surface area contributed by atoms with E-state index in [9.17, 15) is 4.79 Å². The first-order chi connectivity index (χ1) is 9.79. The zero-order valence-electron chi connectivity index (χ0n) is 10.8. The second kappa shape index (κ2) is 7.62. The third-order valence-corrected chi connectivity index (χ3v) is 3.70. The summed E-state index contributed by atoms with van der Waals surface area (Å²) in [5.74, 6) is -0.127. The predicted molar refractivity (Wildman–Crippen MR) is 82.6 cm³/mol. The second-order valence-corrected chi connectivity index (χ2v) is 5.24. The largest absolute Gasteiger partial charge is 0.396 e. The lowest BCUT2D eigenvalue weighted by Crippen LogP contribution is -2.25. The van der Waals surface area contributed by atoms with Gasteiger partial charge in [-0.2, -0.15) is 5.10 Å². The van der Waals surface area contributed by atoms with Crippen molar-refractivity contribution in [3.05, 3.63) is 42.0 Å². The quantitative estimate of drug-likeness (QED) is 0.639. The van der Waals surface area contributed by atoms with Crippen molar-refractivity contribution < 1.29 is 9.90 Å². The first-order valence-corrected chi connectivity index (χ1v) is 7.08. The molecule has 20 heavy (non-hydrogen) atoms. The maximum absolute atomic E-state index is 11.5. The molecule has 0 spiro atoms. The molecule has 1 atom stereocenters. The molecular weight excluding hydrogens is 274 g/mol. The van der Waals surface area contributed by atoms with Gasteiger partial charge in [0.25, 0.3) is 0 Å². The highest BCUT2D eigenvalue weighted by Crippen LogP contribution is 2.21. The zero-order valence-corrected chi connectivity index (χ0v) is 11.6. The number of rotatable bonds is 5. The van der Waals surface area contributed by atoms with Crippen LogP contribution in [0.5, 0.6) is 0 Å². The first kappa shape index (κ1) is 14.5. The smallest absolute Gasteiger partial charge is 0.239 e. The van der Waals surface area contributed by atoms with Gasteiger partial charge >= 0.3 is 0 Å². The molecule has 104 valence electrons. The number of benzene rings is 1. The number of amidine groups is 1. The number of nitrogens with zero attached hydrogens (tertiary/aromatic N) is 2. The Morgan fingerprint density at radius 3 is 2.90 bits per heavy atom. The fourth-order valence-electron chi connectivity index (χ4n) is 1.60. The van der Waals surface area contributed by atoms with Crippen molar-refractivity contribution in [3.8, 4) is 0 Å². The number of amides is 1. The molecule has 1 aromatic carbocycles. The fraction of sp³-hybridized carbons (Fsp3) is 0.214. The molecule has 0 aliphatic carbocycles. The normalized spacial score (nSPS) is 21.1. The van der Waals surface area contributed by atoms with Gasteiger partial charge in [0.1, 0.15) is 0 Å². The van der Waals surface area contributed by atoms with Crippen LogP contribution in [-0.4, -0.2) is 34.3 Å². The Bertz CT molecular complexity index is 541. The summed E-state index contributed by atoms with van der Waals surface area (Å²) in [7, 11) is 0. The minimum atomic E-state index is -0.270. The van der Waals surface area contributed by atoms with Crippen LogP contribution in [0, 0.1) is 0 Å². The van der Waals surface area contributed by atoms with Gasteiger partial charge < -0.3 is 10.4 Å². The summed E-state index contributed by atoms with van der Waals surface area (Å²) in [5.41, 5.74) is 1.08. The summed E-state index contributed by atoms with van der Waals surface area (Å²) >= 11 is 1.29. The Kier molecular flexibility index (Phi) is 5.52. The van der Waals surface area contributed by atoms with Gasteiger partial charge in [-0.3, -0.25) is 4.79 Å². The van der Waals surface area contributed by atoms with Gasteiger partial charge in [-0.1, -0.05) is 48.2 Å². The molecular formula is C14H15N3O2S. The van der Waals surface area contributed by atoms with Gasteiger partial charge in [-0.25, -0.2) is 0 Å². The van der Waals surface area contributed by atoms with Crippen LogP contribution in [0.1, 0.15) is 12.0 Å². The predicted octanol–water partition coefficient (Wildman–Crippen LogP) is 1.66. The van der Waals surface area contributed by atoms with E-state index < -0.39 is 0 Å². The van der Waals surface area contributed by atoms with E-state index in [1.54, 1.807) is 12.3 Å². The zero-order chi connectivity index (χ0) is 14.2. The van der Waals surface area contributed by atoms with Crippen LogP contribution < -0.4 is 5.32 Å². The molecule has 1 aromatic rings. The first-order valence-electron chi connectivity index (χ1n) is 6.20. The summed E-state index contributed by atoms with van der Waals surface area (Å²) < 4.78 is 0. The molecule has 1 fully saturated rings. The Hall–Kier alpha value is -1.92. The lowest BCUT2D eigenvalue weighted by Gasteiger charge is -1.98. The van der Waals surface area contributed by atoms with E-state index in [0.29, 0.717) is 11.6 Å². The van der Waals surface area contributed by atoms with Gasteiger partial charge in [-0.15, -0.1) is 5.10 Å². The van der Waals surface area contributed by atoms with Crippen LogP contribution in [-0.2, 0) is 4.79 Å². The number of allylic oxidation sites excluding steroid dienone is 1. The Labute approximate surface area is 121 Å². The van der Waals surface area contributed by atoms with E-state index in [0.717, 1.165) is 5.56 Å². The van der Waals surface area contributed by atoms with Crippen LogP contribution >= 0.6 is 11.8 Å². The second-order valence-electron chi connectivity index (χ2n) is 4.05. The third kappa shape index (κ3) is 4.32. The molecule has 0 bridgehead atoms. The lowest BCUT2D eigenvalue weighted by atomic mass is 10.2. The van der Waals surface area contributed by atoms with E-state index >= 15 is 0 Å². The van der Waals surface area contributed by atoms with E-state index in [1.807, 2.05) is 36.4 Å². The molecule has 1 heterocycles. The van der Waals surface area contributed by atoms with Gasteiger partial charge in [-0.05, 0) is 18.1 Å². The van der Waals surface area contributed by atoms with Crippen LogP contribution in [0.2, 0.25) is 0 Å². The molecule has 5 nitrogen and oxygen atoms in total. The van der Waals surface area contributed by atoms with E-state index in [2.05, 4.69) is 15.5 Å². The average Bonchev–Trinajstić information content (AvgIpc) is 2.80. The van der Waals surface area contributed by atoms with Crippen molar-refractivity contribution >= 4 is 35.1 Å². The number of aliphatic hydroxyl groups is 1. The summed E-state index contributed by atoms with van der Waals surface area (Å²) in [6, 6.07) is 9.86. The van der Waals surface area contributed by atoms with E-state index in [1.165, 1.54) is 11.8 Å². The average molecular weight is 289 g/mol. The molecule has 0 aromatic heterocycles. The summed E-state index contributed by atoms with van der Waals surface area (Å²) in [4.78, 5) is 11.5. The maximum atomic E-state index is 11.5. The number of thioether (sulfide) groups is 1. The van der Waals surface area contributed by atoms with Gasteiger partial charge in [0.15, 0.2) is 5.17 Å². The van der Waals surface area contributed by atoms with Crippen LogP contribution in [0.3, 0.4) is 0 Å². The molecule has 1 aliphatic rings. The monoisotopic (exact) mass is 289 g/mol. The molecule has 0 unspecified atom stereocenters. The molecule has 2 rings (SSSR count). The van der Waals surface area contributed by atoms with Crippen LogP contribution in [0.4, 0.5) is 0 Å². The molecule has 1 saturated heterocycles. The number of hydrogen-bond acceptors (Lipinski definition) is 5. The van der Waals surface area contributed by atoms with Crippen molar-refractivity contribution in [2.75, 3.05) is 6.61 Å². The number of carbonyl (C=O) groups is 1. The minimum absolute atomic E-state index is 0.0125. The van der Waals surface area contributed by atoms with Gasteiger partial charge in [0.2, 0.25) is 5.91 Å². The molecule has 2 N–H and O–H groups in total. The Morgan fingerprint density at radius 1 is 1.35 bits per heavy atom. The van der Waals surface area contributed by atoms with Gasteiger partial charge in [0, 0.05) is 12.8 Å². The third-order valence-electron chi connectivity index (χ3n) is 2.56. The van der Waals surface area contributed by atoms with Crippen molar-refractivity contribution in [1.29, 1.82) is 0 Å². The van der Waals surface area contributed by atoms with Crippen molar-refractivity contribution in [1.82, 2.24) is 5.32 Å². The van der Waals surface area contributed by atoms with E-state index in [4.69, 9.17) is 5.11 Å². The van der Waals surface area contributed by atoms with Gasteiger partial charge in [0.05, 0.1) is 5.25 Å². The fourth-order valence-corrected chi connectivity index (χ4v) is 2.51. The number of carbonyl (C=O) groups excluding carboxylic acids is 1. The topological polar surface area (TPSA) is 74.0 Å². The van der Waals surface area contributed by atoms with Crippen molar-refractivity contribution in [2.24, 2.45) is 10.2 Å². The van der Waals surface area contributed by atoms with Crippen LogP contribution in [0.25, 0.3) is 6.08 Å². The summed E-state index contributed by atoms with van der Waals surface area (Å²) in [6.07, 6.45) is 5.68. The van der Waals surface area contributed by atoms with Crippen molar-refractivity contribution in [3.63, 3.8) is 0 Å². The highest BCUT2D eigenvalue weighted by Gasteiger charge is 2.29. The molecule has 0 radical (unpaired) electrons. The highest BCUT2D eigenvalue weighted by atomic mass is 32.2. The molecule has 0 saturated carbocycles. The summed E-state index contributed by atoms with van der Waals surface area (Å²) in [5, 5.41) is 19.4. The van der Waals surface area contributed by atoms with Crippen LogP contribution in [0.15, 0.2) is 46.6 Å². The Morgan fingerprint density at radius 2 is 2.15 bits per heavy atom. The SMILES string of the molecule is O=C1N/C(=N/N=C\C=C\c2ccccc2)S[C@H]1CCO. The summed E-state index contributed by atoms with van der Waals surface area (Å²) in [6.45, 7) is -0.0125. The number of nitrogens with one attached hydrogen (secondary N) is 1. The lowest BCUT2D eigenvalue weighted by molar-refractivity contribution is -0.119. The molecule has 1 amide bonds. The standard InChI is InChI=1S/C14H15N3O2S/c18-10-8-12-13(19)16-14(20-12)17-15-9-4-7-11-5-2-1-3-6-11/h1-7,9,12,18H,8,10H2,(H,16,17,19)/b7-4+,15-9-/t12-/m0/s1. The van der Waals surface area contributed by atoms with E-state index in [-0.39, 0.29) is 17.8 Å². The maximum Gasteiger partial charge on any atom is 0.239 e. The van der Waals surface area contributed by atoms with Crippen molar-refractivity contribution in [2.45, 2.75) is 11.7 Å². The minimum Gasteiger partial charge on any atom is -0.396 e. The Balaban J connectivity index is 1.86. The molecule has 1 aliphatic heterocycles. The number of aliphatic hydroxyl groups excluding tert-OH is 1. The highest BCUT2D eigenvalue weighted by molar-refractivity contribution is 8.15. The number of hydrogen-bond donors (Lipinski definition) is 2.